The van der Waals surface area contributed by atoms with Crippen molar-refractivity contribution in [3.05, 3.63) is 45.6 Å². The van der Waals surface area contributed by atoms with Crippen LogP contribution in [0.2, 0.25) is 0 Å². The van der Waals surface area contributed by atoms with Gasteiger partial charge in [0, 0.05) is 10.6 Å². The molecule has 3 N–H and O–H groups in total. The third-order valence-corrected chi connectivity index (χ3v) is 3.83. The van der Waals surface area contributed by atoms with Crippen molar-refractivity contribution in [1.29, 1.82) is 0 Å². The number of anilines is 2. The normalized spacial score (nSPS) is 10.1. The van der Waals surface area contributed by atoms with Crippen LogP contribution in [0.5, 0.6) is 0 Å². The van der Waals surface area contributed by atoms with Gasteiger partial charge >= 0.3 is 5.97 Å². The molecular weight excluding hydrogens is 276 g/mol. The number of esters is 1. The van der Waals surface area contributed by atoms with E-state index in [9.17, 15) is 9.59 Å². The fourth-order valence-corrected chi connectivity index (χ4v) is 2.51. The van der Waals surface area contributed by atoms with E-state index in [2.05, 4.69) is 10.1 Å². The molecule has 0 aliphatic rings. The van der Waals surface area contributed by atoms with Crippen LogP contribution in [0, 0.1) is 6.92 Å². The van der Waals surface area contributed by atoms with E-state index in [0.29, 0.717) is 21.8 Å². The van der Waals surface area contributed by atoms with Crippen LogP contribution in [0.25, 0.3) is 0 Å². The van der Waals surface area contributed by atoms with E-state index >= 15 is 0 Å². The summed E-state index contributed by atoms with van der Waals surface area (Å²) in [5.74, 6) is -0.797. The maximum atomic E-state index is 12.1. The zero-order valence-electron chi connectivity index (χ0n) is 11.1. The predicted octanol–water partition coefficient (Wildman–Crippen LogP) is 2.68. The van der Waals surface area contributed by atoms with Crippen molar-refractivity contribution < 1.29 is 14.3 Å². The summed E-state index contributed by atoms with van der Waals surface area (Å²) in [6, 6.07) is 8.30. The van der Waals surface area contributed by atoms with Gasteiger partial charge in [0.1, 0.15) is 0 Å². The maximum absolute atomic E-state index is 12.1. The molecule has 0 aliphatic carbocycles. The summed E-state index contributed by atoms with van der Waals surface area (Å²) in [6.07, 6.45) is 0. The van der Waals surface area contributed by atoms with Crippen LogP contribution in [-0.2, 0) is 4.74 Å². The van der Waals surface area contributed by atoms with Crippen LogP contribution < -0.4 is 11.1 Å². The monoisotopic (exact) mass is 290 g/mol. The standard InChI is InChI=1S/C14H14N2O3S/c1-8-10(15)7-12(20-8)13(17)16-11-6-4-3-5-9(11)14(18)19-2/h3-7H,15H2,1-2H3,(H,16,17). The van der Waals surface area contributed by atoms with Gasteiger partial charge in [0.2, 0.25) is 0 Å². The molecule has 2 aromatic rings. The molecule has 0 spiro atoms. The summed E-state index contributed by atoms with van der Waals surface area (Å²) >= 11 is 1.31. The number of nitrogens with two attached hydrogens (primary N) is 1. The number of benzene rings is 1. The van der Waals surface area contributed by atoms with E-state index in [0.717, 1.165) is 4.88 Å². The van der Waals surface area contributed by atoms with E-state index in [-0.39, 0.29) is 5.91 Å². The highest BCUT2D eigenvalue weighted by molar-refractivity contribution is 7.14. The molecule has 1 aromatic carbocycles. The number of aryl methyl sites for hydroxylation is 1. The molecule has 0 saturated carbocycles. The SMILES string of the molecule is COC(=O)c1ccccc1NC(=O)c1cc(N)c(C)s1. The largest absolute Gasteiger partial charge is 0.465 e. The molecule has 0 aliphatic heterocycles. The second kappa shape index (κ2) is 5.75. The fourth-order valence-electron chi connectivity index (χ4n) is 1.67. The van der Waals surface area contributed by atoms with Crippen LogP contribution in [0.3, 0.4) is 0 Å². The second-order valence-corrected chi connectivity index (χ2v) is 5.37. The third kappa shape index (κ3) is 2.80. The number of amides is 1. The predicted molar refractivity (Wildman–Crippen MR) is 79.2 cm³/mol. The molecule has 5 nitrogen and oxygen atoms in total. The highest BCUT2D eigenvalue weighted by atomic mass is 32.1. The smallest absolute Gasteiger partial charge is 0.339 e. The number of thiophene rings is 1. The molecule has 1 heterocycles. The van der Waals surface area contributed by atoms with Gasteiger partial charge in [0.05, 0.1) is 23.2 Å². The first kappa shape index (κ1) is 14.1. The van der Waals surface area contributed by atoms with Gasteiger partial charge in [0.25, 0.3) is 5.91 Å². The van der Waals surface area contributed by atoms with E-state index in [1.165, 1.54) is 18.4 Å². The van der Waals surface area contributed by atoms with Gasteiger partial charge in [-0.1, -0.05) is 12.1 Å². The van der Waals surface area contributed by atoms with E-state index in [1.54, 1.807) is 30.3 Å². The minimum atomic E-state index is -0.497. The Kier molecular flexibility index (Phi) is 4.05. The Labute approximate surface area is 120 Å². The number of ether oxygens (including phenoxy) is 1. The molecule has 0 saturated heterocycles. The van der Waals surface area contributed by atoms with E-state index in [4.69, 9.17) is 5.73 Å². The van der Waals surface area contributed by atoms with Crippen molar-refractivity contribution in [2.45, 2.75) is 6.92 Å². The van der Waals surface area contributed by atoms with Crippen LogP contribution in [0.1, 0.15) is 24.9 Å². The average molecular weight is 290 g/mol. The first-order valence-corrected chi connectivity index (χ1v) is 6.69. The molecule has 6 heteroatoms. The Bertz CT molecular complexity index is 645. The summed E-state index contributed by atoms with van der Waals surface area (Å²) in [5.41, 5.74) is 7.03. The quantitative estimate of drug-likeness (QED) is 0.851. The van der Waals surface area contributed by atoms with Crippen molar-refractivity contribution in [3.8, 4) is 0 Å². The van der Waals surface area contributed by atoms with Crippen LogP contribution >= 0.6 is 11.3 Å². The van der Waals surface area contributed by atoms with Crippen molar-refractivity contribution in [3.63, 3.8) is 0 Å². The lowest BCUT2D eigenvalue weighted by Crippen LogP contribution is -2.14. The van der Waals surface area contributed by atoms with Gasteiger partial charge in [-0.15, -0.1) is 11.3 Å². The van der Waals surface area contributed by atoms with E-state index < -0.39 is 5.97 Å². The highest BCUT2D eigenvalue weighted by Gasteiger charge is 2.16. The van der Waals surface area contributed by atoms with Crippen LogP contribution in [0.4, 0.5) is 11.4 Å². The molecule has 1 amide bonds. The van der Waals surface area contributed by atoms with Crippen molar-refractivity contribution in [1.82, 2.24) is 0 Å². The molecule has 20 heavy (non-hydrogen) atoms. The summed E-state index contributed by atoms with van der Waals surface area (Å²) < 4.78 is 4.68. The first-order valence-electron chi connectivity index (χ1n) is 5.87. The fraction of sp³-hybridized carbons (Fsp3) is 0.143. The lowest BCUT2D eigenvalue weighted by molar-refractivity contribution is 0.0602. The topological polar surface area (TPSA) is 81.4 Å². The number of rotatable bonds is 3. The number of para-hydroxylation sites is 1. The lowest BCUT2D eigenvalue weighted by atomic mass is 10.2. The molecule has 0 fully saturated rings. The summed E-state index contributed by atoms with van der Waals surface area (Å²) in [7, 11) is 1.30. The van der Waals surface area contributed by atoms with Crippen LogP contribution in [-0.4, -0.2) is 19.0 Å². The Hall–Kier alpha value is -2.34. The number of hydrogen-bond acceptors (Lipinski definition) is 5. The summed E-state index contributed by atoms with van der Waals surface area (Å²) in [6.45, 7) is 1.85. The lowest BCUT2D eigenvalue weighted by Gasteiger charge is -2.08. The van der Waals surface area contributed by atoms with Gasteiger partial charge in [-0.2, -0.15) is 0 Å². The maximum Gasteiger partial charge on any atom is 0.339 e. The van der Waals surface area contributed by atoms with Crippen molar-refractivity contribution in [2.75, 3.05) is 18.2 Å². The molecular formula is C14H14N2O3S. The Morgan fingerprint density at radius 2 is 2.00 bits per heavy atom. The van der Waals surface area contributed by atoms with Gasteiger partial charge < -0.3 is 15.8 Å². The molecule has 1 aromatic heterocycles. The van der Waals surface area contributed by atoms with Gasteiger partial charge in [0.15, 0.2) is 0 Å². The minimum absolute atomic E-state index is 0.300. The van der Waals surface area contributed by atoms with Crippen molar-refractivity contribution >= 4 is 34.6 Å². The van der Waals surface area contributed by atoms with E-state index in [1.807, 2.05) is 6.92 Å². The number of hydrogen-bond donors (Lipinski definition) is 2. The van der Waals surface area contributed by atoms with Gasteiger partial charge in [-0.3, -0.25) is 4.79 Å². The molecule has 2 rings (SSSR count). The zero-order chi connectivity index (χ0) is 14.7. The van der Waals surface area contributed by atoms with Crippen LogP contribution in [0.15, 0.2) is 30.3 Å². The number of nitrogen functional groups attached to an aromatic ring is 1. The molecule has 104 valence electrons. The zero-order valence-corrected chi connectivity index (χ0v) is 11.9. The molecule has 0 unspecified atom stereocenters. The number of methoxy groups -OCH3 is 1. The highest BCUT2D eigenvalue weighted by Crippen LogP contribution is 2.25. The molecule has 0 radical (unpaired) electrons. The second-order valence-electron chi connectivity index (χ2n) is 4.11. The number of carbonyl (C=O) groups is 2. The van der Waals surface area contributed by atoms with Crippen molar-refractivity contribution in [2.24, 2.45) is 0 Å². The Morgan fingerprint density at radius 1 is 1.30 bits per heavy atom. The van der Waals surface area contributed by atoms with Gasteiger partial charge in [-0.05, 0) is 25.1 Å². The average Bonchev–Trinajstić information content (AvgIpc) is 2.78. The number of carbonyl (C=O) groups excluding carboxylic acids is 2. The molecule has 0 atom stereocenters. The Balaban J connectivity index is 2.26. The third-order valence-electron chi connectivity index (χ3n) is 2.76. The summed E-state index contributed by atoms with van der Waals surface area (Å²) in [4.78, 5) is 25.1. The molecule has 0 bridgehead atoms. The van der Waals surface area contributed by atoms with Gasteiger partial charge in [-0.25, -0.2) is 4.79 Å². The first-order chi connectivity index (χ1) is 9.52. The minimum Gasteiger partial charge on any atom is -0.465 e. The summed E-state index contributed by atoms with van der Waals surface area (Å²) in [5, 5.41) is 2.70. The Morgan fingerprint density at radius 3 is 2.60 bits per heavy atom. The number of nitrogens with one attached hydrogen (secondary N) is 1.